The first kappa shape index (κ1) is 40.1. The SMILES string of the molecule is CCCCCCCCC=CCCCCCCCCOC(=O)[C@]12CCC(C)(C)C[C@H]1C1=CC[C@@H]3[C@@]4(C)CCCC(C)(C)C4CC[C@@]3(C)[C@]1(C)CC2. The number of ether oxygens (including phenoxy) is 1. The lowest BCUT2D eigenvalue weighted by molar-refractivity contribution is -0.190. The summed E-state index contributed by atoms with van der Waals surface area (Å²) >= 11 is 0. The minimum absolute atomic E-state index is 0.158. The van der Waals surface area contributed by atoms with Crippen LogP contribution in [0.15, 0.2) is 23.8 Å². The molecule has 0 saturated heterocycles. The molecule has 0 radical (unpaired) electrons. The molecule has 0 amide bonds. The lowest BCUT2D eigenvalue weighted by atomic mass is 9.33. The Labute approximate surface area is 311 Å². The van der Waals surface area contributed by atoms with Crippen molar-refractivity contribution in [3.05, 3.63) is 23.8 Å². The molecule has 5 rings (SSSR count). The van der Waals surface area contributed by atoms with E-state index in [4.69, 9.17) is 4.74 Å². The van der Waals surface area contributed by atoms with Crippen molar-refractivity contribution in [1.29, 1.82) is 0 Å². The zero-order chi connectivity index (χ0) is 36.1. The number of fused-ring (bicyclic) bond motifs is 7. The summed E-state index contributed by atoms with van der Waals surface area (Å²) < 4.78 is 6.31. The van der Waals surface area contributed by atoms with Crippen molar-refractivity contribution in [2.75, 3.05) is 6.61 Å². The molecule has 0 spiro atoms. The molecule has 0 heterocycles. The standard InChI is InChI=1S/C48H82O2/c1-9-10-11-12-13-14-15-16-17-18-19-20-21-22-23-24-36-50-42(49)48-34-32-43(2,3)37-39(48)38-26-27-41-45(6)30-25-29-44(4,5)40(45)28-31-47(41,8)46(38,7)33-35-48/h16-17,26,39-41H,9-15,18-25,27-37H2,1-8H3/t39-,40?,41+,45-,46+,47+,48-/m0/s1. The van der Waals surface area contributed by atoms with E-state index in [1.807, 2.05) is 0 Å². The van der Waals surface area contributed by atoms with Crippen molar-refractivity contribution in [2.45, 2.75) is 216 Å². The summed E-state index contributed by atoms with van der Waals surface area (Å²) in [7, 11) is 0. The monoisotopic (exact) mass is 691 g/mol. The zero-order valence-electron chi connectivity index (χ0n) is 34.7. The van der Waals surface area contributed by atoms with E-state index in [2.05, 4.69) is 73.6 Å². The normalized spacial score (nSPS) is 37.3. The molecule has 0 N–H and O–H groups in total. The van der Waals surface area contributed by atoms with Crippen molar-refractivity contribution in [2.24, 2.45) is 50.2 Å². The van der Waals surface area contributed by atoms with Gasteiger partial charge in [-0.25, -0.2) is 0 Å². The van der Waals surface area contributed by atoms with E-state index in [0.29, 0.717) is 28.8 Å². The molecule has 50 heavy (non-hydrogen) atoms. The van der Waals surface area contributed by atoms with Gasteiger partial charge >= 0.3 is 5.97 Å². The predicted octanol–water partition coefficient (Wildman–Crippen LogP) is 14.8. The van der Waals surface area contributed by atoms with E-state index in [1.54, 1.807) is 5.57 Å². The maximum atomic E-state index is 14.3. The smallest absolute Gasteiger partial charge is 0.312 e. The van der Waals surface area contributed by atoms with Crippen LogP contribution in [0.3, 0.4) is 0 Å². The molecule has 0 aromatic heterocycles. The highest BCUT2D eigenvalue weighted by Crippen LogP contribution is 2.75. The average molecular weight is 691 g/mol. The molecule has 4 saturated carbocycles. The highest BCUT2D eigenvalue weighted by atomic mass is 16.5. The molecule has 2 heteroatoms. The second-order valence-corrected chi connectivity index (χ2v) is 20.8. The Bertz CT molecular complexity index is 1170. The largest absolute Gasteiger partial charge is 0.465 e. The van der Waals surface area contributed by atoms with E-state index >= 15 is 0 Å². The Morgan fingerprint density at radius 1 is 0.720 bits per heavy atom. The molecular weight excluding hydrogens is 609 g/mol. The molecule has 0 aromatic carbocycles. The van der Waals surface area contributed by atoms with Gasteiger partial charge in [0.05, 0.1) is 12.0 Å². The Hall–Kier alpha value is -1.05. The van der Waals surface area contributed by atoms with Gasteiger partial charge < -0.3 is 4.74 Å². The lowest BCUT2D eigenvalue weighted by Crippen LogP contribution is -2.63. The van der Waals surface area contributed by atoms with Crippen molar-refractivity contribution >= 4 is 5.97 Å². The molecule has 5 aliphatic carbocycles. The van der Waals surface area contributed by atoms with Crippen LogP contribution in [-0.2, 0) is 9.53 Å². The number of hydrogen-bond donors (Lipinski definition) is 0. The second kappa shape index (κ2) is 16.5. The Balaban J connectivity index is 1.12. The van der Waals surface area contributed by atoms with Crippen LogP contribution in [0.4, 0.5) is 0 Å². The number of carbonyl (C=O) groups is 1. The quantitative estimate of drug-likeness (QED) is 0.0862. The van der Waals surface area contributed by atoms with E-state index < -0.39 is 0 Å². The van der Waals surface area contributed by atoms with Crippen LogP contribution >= 0.6 is 0 Å². The third-order valence-electron chi connectivity index (χ3n) is 16.7. The fraction of sp³-hybridized carbons (Fsp3) is 0.896. The van der Waals surface area contributed by atoms with Gasteiger partial charge in [0, 0.05) is 0 Å². The van der Waals surface area contributed by atoms with Gasteiger partial charge in [0.25, 0.3) is 0 Å². The number of hydrogen-bond acceptors (Lipinski definition) is 2. The van der Waals surface area contributed by atoms with Crippen molar-refractivity contribution in [1.82, 2.24) is 0 Å². The minimum atomic E-state index is -0.305. The first-order valence-electron chi connectivity index (χ1n) is 22.3. The molecule has 0 aromatic rings. The fourth-order valence-corrected chi connectivity index (χ4v) is 13.4. The molecule has 4 fully saturated rings. The van der Waals surface area contributed by atoms with E-state index in [0.717, 1.165) is 50.4 Å². The van der Waals surface area contributed by atoms with Crippen LogP contribution in [0.5, 0.6) is 0 Å². The molecule has 5 aliphatic rings. The number of esters is 1. The molecule has 1 unspecified atom stereocenters. The van der Waals surface area contributed by atoms with Crippen LogP contribution < -0.4 is 0 Å². The van der Waals surface area contributed by atoms with Gasteiger partial charge in [0.2, 0.25) is 0 Å². The van der Waals surface area contributed by atoms with Gasteiger partial charge in [-0.05, 0) is 141 Å². The first-order valence-corrected chi connectivity index (χ1v) is 22.3. The van der Waals surface area contributed by atoms with Crippen LogP contribution in [0.25, 0.3) is 0 Å². The third kappa shape index (κ3) is 8.05. The summed E-state index contributed by atoms with van der Waals surface area (Å²) in [6.07, 6.45) is 39.5. The topological polar surface area (TPSA) is 26.3 Å². The van der Waals surface area contributed by atoms with Gasteiger partial charge in [0.1, 0.15) is 0 Å². The third-order valence-corrected chi connectivity index (χ3v) is 16.7. The molecular formula is C48H82O2. The number of unbranched alkanes of at least 4 members (excludes halogenated alkanes) is 12. The lowest BCUT2D eigenvalue weighted by Gasteiger charge is -2.70. The van der Waals surface area contributed by atoms with Gasteiger partial charge in [-0.2, -0.15) is 0 Å². The number of carbonyl (C=O) groups excluding carboxylic acids is 1. The predicted molar refractivity (Wildman–Crippen MR) is 214 cm³/mol. The summed E-state index contributed by atoms with van der Waals surface area (Å²) in [4.78, 5) is 14.3. The molecule has 7 atom stereocenters. The summed E-state index contributed by atoms with van der Waals surface area (Å²) in [5.41, 5.74) is 3.06. The highest BCUT2D eigenvalue weighted by molar-refractivity contribution is 5.78. The van der Waals surface area contributed by atoms with Gasteiger partial charge in [-0.1, -0.05) is 143 Å². The number of rotatable bonds is 17. The molecule has 2 nitrogen and oxygen atoms in total. The van der Waals surface area contributed by atoms with Crippen LogP contribution in [-0.4, -0.2) is 12.6 Å². The Morgan fingerprint density at radius 3 is 2.02 bits per heavy atom. The highest BCUT2D eigenvalue weighted by Gasteiger charge is 2.68. The van der Waals surface area contributed by atoms with Crippen molar-refractivity contribution in [3.8, 4) is 0 Å². The van der Waals surface area contributed by atoms with Crippen LogP contribution in [0.1, 0.15) is 216 Å². The molecule has 0 bridgehead atoms. The van der Waals surface area contributed by atoms with Gasteiger partial charge in [-0.3, -0.25) is 4.79 Å². The maximum Gasteiger partial charge on any atom is 0.312 e. The molecule has 0 aliphatic heterocycles. The minimum Gasteiger partial charge on any atom is -0.465 e. The van der Waals surface area contributed by atoms with E-state index in [1.165, 1.54) is 122 Å². The van der Waals surface area contributed by atoms with E-state index in [-0.39, 0.29) is 22.2 Å². The van der Waals surface area contributed by atoms with Crippen molar-refractivity contribution < 1.29 is 9.53 Å². The van der Waals surface area contributed by atoms with Gasteiger partial charge in [-0.15, -0.1) is 0 Å². The summed E-state index contributed by atoms with van der Waals surface area (Å²) in [6, 6.07) is 0. The first-order chi connectivity index (χ1) is 23.8. The van der Waals surface area contributed by atoms with Crippen LogP contribution in [0, 0.1) is 50.2 Å². The summed E-state index contributed by atoms with van der Waals surface area (Å²) in [5, 5.41) is 0. The molecule has 286 valence electrons. The number of allylic oxidation sites excluding steroid dienone is 4. The van der Waals surface area contributed by atoms with E-state index in [9.17, 15) is 4.79 Å². The Kier molecular flexibility index (Phi) is 13.3. The average Bonchev–Trinajstić information content (AvgIpc) is 3.05. The summed E-state index contributed by atoms with van der Waals surface area (Å²) in [5.74, 6) is 2.10. The second-order valence-electron chi connectivity index (χ2n) is 20.8. The zero-order valence-corrected chi connectivity index (χ0v) is 34.7. The maximum absolute atomic E-state index is 14.3. The summed E-state index contributed by atoms with van der Waals surface area (Å²) in [6.45, 7) is 21.1. The fourth-order valence-electron chi connectivity index (χ4n) is 13.4. The Morgan fingerprint density at radius 2 is 1.34 bits per heavy atom. The van der Waals surface area contributed by atoms with Crippen molar-refractivity contribution in [3.63, 3.8) is 0 Å². The van der Waals surface area contributed by atoms with Crippen LogP contribution in [0.2, 0.25) is 0 Å². The van der Waals surface area contributed by atoms with Gasteiger partial charge in [0.15, 0.2) is 0 Å².